The third-order valence-corrected chi connectivity index (χ3v) is 4.72. The van der Waals surface area contributed by atoms with Gasteiger partial charge in [-0.25, -0.2) is 8.42 Å². The minimum Gasteiger partial charge on any atom is -0.322 e. The van der Waals surface area contributed by atoms with Gasteiger partial charge in [0, 0.05) is 28.6 Å². The highest BCUT2D eigenvalue weighted by Gasteiger charge is 2.10. The molecule has 0 aliphatic rings. The van der Waals surface area contributed by atoms with Gasteiger partial charge < -0.3 is 5.32 Å². The lowest BCUT2D eigenvalue weighted by molar-refractivity contribution is 0.102. The third kappa shape index (κ3) is 5.83. The molecule has 0 bridgehead atoms. The van der Waals surface area contributed by atoms with E-state index < -0.39 is 9.84 Å². The van der Waals surface area contributed by atoms with Gasteiger partial charge in [0.1, 0.15) is 0 Å². The molecule has 0 saturated carbocycles. The van der Waals surface area contributed by atoms with Gasteiger partial charge in [-0.05, 0) is 48.0 Å². The van der Waals surface area contributed by atoms with Gasteiger partial charge in [0.25, 0.3) is 5.91 Å². The van der Waals surface area contributed by atoms with Gasteiger partial charge in [-0.1, -0.05) is 48.2 Å². The molecular weight excluding hydrogens is 370 g/mol. The first kappa shape index (κ1) is 19.4. The largest absolute Gasteiger partial charge is 0.322 e. The molecular formula is C23H19NO3S. The minimum absolute atomic E-state index is 0.0985. The number of hydrogen-bond acceptors (Lipinski definition) is 3. The Morgan fingerprint density at radius 2 is 1.54 bits per heavy atom. The van der Waals surface area contributed by atoms with Crippen LogP contribution in [0.2, 0.25) is 0 Å². The summed E-state index contributed by atoms with van der Waals surface area (Å²) in [5, 5.41) is 2.83. The highest BCUT2D eigenvalue weighted by molar-refractivity contribution is 7.89. The topological polar surface area (TPSA) is 63.2 Å². The predicted molar refractivity (Wildman–Crippen MR) is 112 cm³/mol. The number of benzene rings is 3. The number of nitrogens with one attached hydrogen (secondary N) is 1. The van der Waals surface area contributed by atoms with E-state index >= 15 is 0 Å². The summed E-state index contributed by atoms with van der Waals surface area (Å²) in [6, 6.07) is 23.6. The van der Waals surface area contributed by atoms with Crippen LogP contribution in [0.25, 0.3) is 0 Å². The number of carbonyl (C=O) groups is 1. The summed E-state index contributed by atoms with van der Waals surface area (Å²) in [6.45, 7) is 0. The SMILES string of the molecule is CS(=O)(=O)Cc1cccc(C(=O)Nc2cccc(C#Cc3ccccc3)c2)c1. The van der Waals surface area contributed by atoms with Crippen molar-refractivity contribution in [2.45, 2.75) is 5.75 Å². The maximum atomic E-state index is 12.5. The van der Waals surface area contributed by atoms with Crippen molar-refractivity contribution >= 4 is 21.4 Å². The van der Waals surface area contributed by atoms with Gasteiger partial charge in [0.05, 0.1) is 5.75 Å². The Morgan fingerprint density at radius 1 is 0.857 bits per heavy atom. The Kier molecular flexibility index (Phi) is 5.93. The number of rotatable bonds is 4. The van der Waals surface area contributed by atoms with Crippen molar-refractivity contribution in [3.8, 4) is 11.8 Å². The van der Waals surface area contributed by atoms with Crippen molar-refractivity contribution in [2.75, 3.05) is 11.6 Å². The van der Waals surface area contributed by atoms with Crippen LogP contribution in [0.1, 0.15) is 27.0 Å². The second-order valence-corrected chi connectivity index (χ2v) is 8.56. The Labute approximate surface area is 165 Å². The Bertz CT molecular complexity index is 1160. The molecule has 0 spiro atoms. The second-order valence-electron chi connectivity index (χ2n) is 6.42. The summed E-state index contributed by atoms with van der Waals surface area (Å²) in [6.07, 6.45) is 1.17. The second kappa shape index (κ2) is 8.55. The summed E-state index contributed by atoms with van der Waals surface area (Å²) < 4.78 is 22.9. The highest BCUT2D eigenvalue weighted by Crippen LogP contribution is 2.14. The van der Waals surface area contributed by atoms with Crippen molar-refractivity contribution in [3.63, 3.8) is 0 Å². The lowest BCUT2D eigenvalue weighted by Gasteiger charge is -2.07. The normalized spacial score (nSPS) is 10.6. The third-order valence-electron chi connectivity index (χ3n) is 3.86. The van der Waals surface area contributed by atoms with E-state index in [4.69, 9.17) is 0 Å². The molecule has 3 rings (SSSR count). The molecule has 0 fully saturated rings. The predicted octanol–water partition coefficient (Wildman–Crippen LogP) is 3.88. The van der Waals surface area contributed by atoms with E-state index in [-0.39, 0.29) is 11.7 Å². The maximum absolute atomic E-state index is 12.5. The number of anilines is 1. The fraction of sp³-hybridized carbons (Fsp3) is 0.0870. The molecule has 140 valence electrons. The first-order valence-corrected chi connectivity index (χ1v) is 10.7. The molecule has 1 amide bonds. The van der Waals surface area contributed by atoms with Crippen LogP contribution in [0.3, 0.4) is 0 Å². The van der Waals surface area contributed by atoms with Gasteiger partial charge in [0.2, 0.25) is 0 Å². The average molecular weight is 389 g/mol. The molecule has 5 heteroatoms. The van der Waals surface area contributed by atoms with Gasteiger partial charge in [0.15, 0.2) is 9.84 Å². The molecule has 0 aromatic heterocycles. The molecule has 3 aromatic rings. The fourth-order valence-corrected chi connectivity index (χ4v) is 3.43. The van der Waals surface area contributed by atoms with Crippen molar-refractivity contribution in [2.24, 2.45) is 0 Å². The lowest BCUT2D eigenvalue weighted by Crippen LogP contribution is -2.12. The van der Waals surface area contributed by atoms with Crippen LogP contribution in [0, 0.1) is 11.8 Å². The van der Waals surface area contributed by atoms with E-state index in [9.17, 15) is 13.2 Å². The van der Waals surface area contributed by atoms with E-state index in [0.717, 1.165) is 11.1 Å². The van der Waals surface area contributed by atoms with E-state index in [0.29, 0.717) is 16.8 Å². The van der Waals surface area contributed by atoms with E-state index in [1.807, 2.05) is 42.5 Å². The molecule has 0 aliphatic carbocycles. The highest BCUT2D eigenvalue weighted by atomic mass is 32.2. The van der Waals surface area contributed by atoms with Crippen molar-refractivity contribution < 1.29 is 13.2 Å². The quantitative estimate of drug-likeness (QED) is 0.689. The van der Waals surface area contributed by atoms with Gasteiger partial charge in [-0.2, -0.15) is 0 Å². The monoisotopic (exact) mass is 389 g/mol. The number of amides is 1. The molecule has 3 aromatic carbocycles. The Hall–Kier alpha value is -3.36. The zero-order valence-electron chi connectivity index (χ0n) is 15.3. The van der Waals surface area contributed by atoms with Crippen LogP contribution < -0.4 is 5.32 Å². The standard InChI is InChI=1S/C23H19NO3S/c1-28(26,27)17-20-10-5-11-21(15-20)23(25)24-22-12-6-9-19(16-22)14-13-18-7-3-2-4-8-18/h2-12,15-16H,17H2,1H3,(H,24,25). The van der Waals surface area contributed by atoms with Crippen LogP contribution in [0.15, 0.2) is 78.9 Å². The summed E-state index contributed by atoms with van der Waals surface area (Å²) in [7, 11) is -3.16. The molecule has 0 saturated heterocycles. The van der Waals surface area contributed by atoms with Crippen LogP contribution in [-0.2, 0) is 15.6 Å². The lowest BCUT2D eigenvalue weighted by atomic mass is 10.1. The molecule has 0 aliphatic heterocycles. The zero-order chi connectivity index (χ0) is 20.0. The van der Waals surface area contributed by atoms with E-state index in [1.165, 1.54) is 6.26 Å². The van der Waals surface area contributed by atoms with Gasteiger partial charge in [-0.15, -0.1) is 0 Å². The first-order chi connectivity index (χ1) is 13.4. The minimum atomic E-state index is -3.16. The number of hydrogen-bond donors (Lipinski definition) is 1. The molecule has 0 heterocycles. The van der Waals surface area contributed by atoms with E-state index in [2.05, 4.69) is 17.2 Å². The average Bonchev–Trinajstić information content (AvgIpc) is 2.66. The summed E-state index contributed by atoms with van der Waals surface area (Å²) >= 11 is 0. The van der Waals surface area contributed by atoms with Gasteiger partial charge >= 0.3 is 0 Å². The molecule has 4 nitrogen and oxygen atoms in total. The zero-order valence-corrected chi connectivity index (χ0v) is 16.2. The van der Waals surface area contributed by atoms with Crippen LogP contribution in [0.5, 0.6) is 0 Å². The smallest absolute Gasteiger partial charge is 0.255 e. The Morgan fingerprint density at radius 3 is 2.29 bits per heavy atom. The molecule has 0 unspecified atom stereocenters. The fourth-order valence-electron chi connectivity index (χ4n) is 2.65. The van der Waals surface area contributed by atoms with Crippen LogP contribution in [-0.4, -0.2) is 20.6 Å². The van der Waals surface area contributed by atoms with Crippen molar-refractivity contribution in [3.05, 3.63) is 101 Å². The van der Waals surface area contributed by atoms with Crippen LogP contribution in [0.4, 0.5) is 5.69 Å². The van der Waals surface area contributed by atoms with Crippen molar-refractivity contribution in [1.29, 1.82) is 0 Å². The maximum Gasteiger partial charge on any atom is 0.255 e. The molecule has 0 atom stereocenters. The van der Waals surface area contributed by atoms with E-state index in [1.54, 1.807) is 36.4 Å². The molecule has 1 N–H and O–H groups in total. The summed E-state index contributed by atoms with van der Waals surface area (Å²) in [4.78, 5) is 12.5. The van der Waals surface area contributed by atoms with Crippen LogP contribution >= 0.6 is 0 Å². The van der Waals surface area contributed by atoms with Gasteiger partial charge in [-0.3, -0.25) is 4.79 Å². The van der Waals surface area contributed by atoms with Crippen molar-refractivity contribution in [1.82, 2.24) is 0 Å². The number of sulfone groups is 1. The summed E-state index contributed by atoms with van der Waals surface area (Å²) in [5.41, 5.74) is 3.31. The molecule has 0 radical (unpaired) electrons. The number of carbonyl (C=O) groups excluding carboxylic acids is 1. The first-order valence-electron chi connectivity index (χ1n) is 8.64. The summed E-state index contributed by atoms with van der Waals surface area (Å²) in [5.74, 6) is 5.76. The Balaban J connectivity index is 1.75. The molecule has 28 heavy (non-hydrogen) atoms.